The number of carbonyl (C=O) groups is 1. The molecule has 0 aromatic heterocycles. The van der Waals surface area contributed by atoms with Gasteiger partial charge in [-0.25, -0.2) is 9.78 Å². The molecule has 2 aliphatic rings. The second-order valence-electron chi connectivity index (χ2n) is 6.81. The molecule has 0 aromatic carbocycles. The molecular formula is C20H30O5. The van der Waals surface area contributed by atoms with Crippen molar-refractivity contribution >= 4 is 5.97 Å². The summed E-state index contributed by atoms with van der Waals surface area (Å²) in [5, 5.41) is 18.7. The lowest BCUT2D eigenvalue weighted by molar-refractivity contribution is -0.336. The fourth-order valence-corrected chi connectivity index (χ4v) is 3.50. The first-order valence-corrected chi connectivity index (χ1v) is 9.32. The number of aliphatic hydroxyl groups excluding tert-OH is 1. The zero-order chi connectivity index (χ0) is 18.1. The summed E-state index contributed by atoms with van der Waals surface area (Å²) in [6, 6.07) is 0. The van der Waals surface area contributed by atoms with Crippen molar-refractivity contribution in [2.24, 2.45) is 11.8 Å². The lowest BCUT2D eigenvalue weighted by atomic mass is 9.89. The zero-order valence-electron chi connectivity index (χ0n) is 14.9. The largest absolute Gasteiger partial charge is 0.481 e. The number of fused-ring (bicyclic) bond motifs is 2. The SMILES string of the molecule is CC/C=C\C[C@H](O)/C=C/[C@@H]1[C@@H](C/C=C\CCCC(=O)O)[C@@H]2C[C@H]1OO2. The van der Waals surface area contributed by atoms with E-state index < -0.39 is 12.1 Å². The van der Waals surface area contributed by atoms with Crippen molar-refractivity contribution in [3.05, 3.63) is 36.5 Å². The van der Waals surface area contributed by atoms with Gasteiger partial charge in [-0.05, 0) is 32.1 Å². The van der Waals surface area contributed by atoms with E-state index >= 15 is 0 Å². The monoisotopic (exact) mass is 350 g/mol. The average molecular weight is 350 g/mol. The topological polar surface area (TPSA) is 76.0 Å². The maximum absolute atomic E-state index is 10.5. The van der Waals surface area contributed by atoms with Crippen LogP contribution >= 0.6 is 0 Å². The number of carboxylic acid groups (broad SMARTS) is 1. The van der Waals surface area contributed by atoms with E-state index in [1.165, 1.54) is 0 Å². The molecule has 2 N–H and O–H groups in total. The quantitative estimate of drug-likeness (QED) is 0.337. The van der Waals surface area contributed by atoms with Crippen LogP contribution in [0, 0.1) is 11.8 Å². The molecule has 2 fully saturated rings. The van der Waals surface area contributed by atoms with Crippen LogP contribution in [0.15, 0.2) is 36.5 Å². The van der Waals surface area contributed by atoms with Crippen molar-refractivity contribution in [1.82, 2.24) is 0 Å². The Hall–Kier alpha value is -1.43. The van der Waals surface area contributed by atoms with Gasteiger partial charge in [0.25, 0.3) is 0 Å². The van der Waals surface area contributed by atoms with Gasteiger partial charge in [-0.1, -0.05) is 43.4 Å². The molecule has 2 rings (SSSR count). The maximum atomic E-state index is 10.5. The summed E-state index contributed by atoms with van der Waals surface area (Å²) in [6.07, 6.45) is 17.0. The van der Waals surface area contributed by atoms with Gasteiger partial charge in [-0.2, -0.15) is 0 Å². The van der Waals surface area contributed by atoms with E-state index in [9.17, 15) is 9.90 Å². The van der Waals surface area contributed by atoms with Crippen LogP contribution in [0.3, 0.4) is 0 Å². The Morgan fingerprint density at radius 1 is 1.20 bits per heavy atom. The number of aliphatic carboxylic acids is 1. The van der Waals surface area contributed by atoms with E-state index in [0.29, 0.717) is 18.8 Å². The van der Waals surface area contributed by atoms with Gasteiger partial charge in [0.15, 0.2) is 0 Å². The summed E-state index contributed by atoms with van der Waals surface area (Å²) < 4.78 is 0. The molecule has 0 radical (unpaired) electrons. The molecule has 25 heavy (non-hydrogen) atoms. The Kier molecular flexibility index (Phi) is 8.38. The minimum atomic E-state index is -0.746. The van der Waals surface area contributed by atoms with Gasteiger partial charge in [-0.15, -0.1) is 0 Å². The summed E-state index contributed by atoms with van der Waals surface area (Å²) >= 11 is 0. The molecule has 1 aliphatic carbocycles. The molecule has 1 aliphatic heterocycles. The van der Waals surface area contributed by atoms with E-state index in [2.05, 4.69) is 31.2 Å². The standard InChI is InChI=1S/C20H30O5/c1-2-3-6-9-15(21)12-13-17-16(18-14-19(17)25-24-18)10-7-4-5-8-11-20(22)23/h3-4,6-7,12-13,15-19,21H,2,5,8-11,14H2,1H3,(H,22,23)/b6-3-,7-4-,13-12+/t15-,16+,17+,18-,19+/m0/s1. The van der Waals surface area contributed by atoms with E-state index in [1.807, 2.05) is 12.2 Å². The van der Waals surface area contributed by atoms with Crippen molar-refractivity contribution in [3.63, 3.8) is 0 Å². The second kappa shape index (κ2) is 10.5. The molecule has 5 atom stereocenters. The number of unbranched alkanes of at least 4 members (excludes halogenated alkanes) is 1. The third kappa shape index (κ3) is 6.42. The summed E-state index contributed by atoms with van der Waals surface area (Å²) in [6.45, 7) is 2.07. The van der Waals surface area contributed by atoms with Crippen LogP contribution in [-0.2, 0) is 14.6 Å². The minimum Gasteiger partial charge on any atom is -0.481 e. The highest BCUT2D eigenvalue weighted by atomic mass is 17.2. The lowest BCUT2D eigenvalue weighted by Gasteiger charge is -2.27. The van der Waals surface area contributed by atoms with E-state index in [4.69, 9.17) is 14.9 Å². The summed E-state index contributed by atoms with van der Waals surface area (Å²) in [5.74, 6) is -0.138. The summed E-state index contributed by atoms with van der Waals surface area (Å²) in [5.41, 5.74) is 0. The highest BCUT2D eigenvalue weighted by Crippen LogP contribution is 2.44. The van der Waals surface area contributed by atoms with Crippen molar-refractivity contribution < 1.29 is 24.8 Å². The first-order chi connectivity index (χ1) is 12.1. The van der Waals surface area contributed by atoms with Crippen LogP contribution in [-0.4, -0.2) is 34.5 Å². The highest BCUT2D eigenvalue weighted by molar-refractivity contribution is 5.66. The average Bonchev–Trinajstić information content (AvgIpc) is 3.17. The number of aliphatic hydroxyl groups is 1. The normalized spacial score (nSPS) is 30.2. The maximum Gasteiger partial charge on any atom is 0.303 e. The van der Waals surface area contributed by atoms with Crippen LogP contribution in [0.4, 0.5) is 0 Å². The Balaban J connectivity index is 1.81. The van der Waals surface area contributed by atoms with Crippen molar-refractivity contribution in [3.8, 4) is 0 Å². The van der Waals surface area contributed by atoms with Gasteiger partial charge in [0, 0.05) is 24.7 Å². The molecule has 5 heteroatoms. The van der Waals surface area contributed by atoms with Crippen LogP contribution in [0.25, 0.3) is 0 Å². The zero-order valence-corrected chi connectivity index (χ0v) is 14.9. The molecule has 5 nitrogen and oxygen atoms in total. The number of carboxylic acids is 1. The first-order valence-electron chi connectivity index (χ1n) is 9.32. The molecule has 0 spiro atoms. The predicted molar refractivity (Wildman–Crippen MR) is 95.8 cm³/mol. The minimum absolute atomic E-state index is 0.0741. The predicted octanol–water partition coefficient (Wildman–Crippen LogP) is 3.80. The van der Waals surface area contributed by atoms with Gasteiger partial charge in [-0.3, -0.25) is 4.79 Å². The van der Waals surface area contributed by atoms with Crippen LogP contribution in [0.5, 0.6) is 0 Å². The Bertz CT molecular complexity index is 496. The Morgan fingerprint density at radius 2 is 2.00 bits per heavy atom. The fourth-order valence-electron chi connectivity index (χ4n) is 3.50. The number of hydrogen-bond acceptors (Lipinski definition) is 4. The van der Waals surface area contributed by atoms with Gasteiger partial charge in [0.1, 0.15) is 6.10 Å². The smallest absolute Gasteiger partial charge is 0.303 e. The van der Waals surface area contributed by atoms with Crippen molar-refractivity contribution in [1.29, 1.82) is 0 Å². The molecule has 1 saturated heterocycles. The molecule has 1 saturated carbocycles. The molecule has 1 heterocycles. The summed E-state index contributed by atoms with van der Waals surface area (Å²) in [7, 11) is 0. The van der Waals surface area contributed by atoms with Gasteiger partial charge in [0.2, 0.25) is 0 Å². The highest BCUT2D eigenvalue weighted by Gasteiger charge is 2.49. The molecule has 0 amide bonds. The number of rotatable bonds is 11. The molecule has 0 aromatic rings. The van der Waals surface area contributed by atoms with Crippen LogP contribution in [0.2, 0.25) is 0 Å². The third-order valence-electron chi connectivity index (χ3n) is 4.84. The molecule has 0 unspecified atom stereocenters. The van der Waals surface area contributed by atoms with Crippen molar-refractivity contribution in [2.75, 3.05) is 0 Å². The molecular weight excluding hydrogens is 320 g/mol. The van der Waals surface area contributed by atoms with Gasteiger partial charge < -0.3 is 10.2 Å². The molecule has 2 bridgehead atoms. The lowest BCUT2D eigenvalue weighted by Crippen LogP contribution is -2.28. The van der Waals surface area contributed by atoms with Crippen molar-refractivity contribution in [2.45, 2.75) is 70.2 Å². The molecule has 140 valence electrons. The number of allylic oxidation sites excluding steroid dienone is 3. The summed E-state index contributed by atoms with van der Waals surface area (Å²) in [4.78, 5) is 21.2. The van der Waals surface area contributed by atoms with E-state index in [0.717, 1.165) is 25.7 Å². The van der Waals surface area contributed by atoms with Crippen LogP contribution < -0.4 is 0 Å². The van der Waals surface area contributed by atoms with Crippen LogP contribution in [0.1, 0.15) is 51.9 Å². The fraction of sp³-hybridized carbons (Fsp3) is 0.650. The third-order valence-corrected chi connectivity index (χ3v) is 4.84. The van der Waals surface area contributed by atoms with Gasteiger partial charge in [0.05, 0.1) is 12.2 Å². The van der Waals surface area contributed by atoms with E-state index in [1.54, 1.807) is 0 Å². The number of hydrogen-bond donors (Lipinski definition) is 2. The first kappa shape index (κ1) is 19.9. The Morgan fingerprint density at radius 3 is 2.76 bits per heavy atom. The van der Waals surface area contributed by atoms with Gasteiger partial charge >= 0.3 is 5.97 Å². The Labute approximate surface area is 149 Å². The second-order valence-corrected chi connectivity index (χ2v) is 6.81. The van der Waals surface area contributed by atoms with E-state index in [-0.39, 0.29) is 24.5 Å².